The van der Waals surface area contributed by atoms with Gasteiger partial charge in [0.2, 0.25) is 5.91 Å². The number of ether oxygens (including phenoxy) is 1. The van der Waals surface area contributed by atoms with Crippen LogP contribution in [-0.2, 0) is 9.53 Å². The minimum atomic E-state index is 0.381. The number of piperazine rings is 1. The largest absolute Gasteiger partial charge is 0.383 e. The molecule has 0 aromatic carbocycles. The molecule has 0 unspecified atom stereocenters. The summed E-state index contributed by atoms with van der Waals surface area (Å²) >= 11 is 0. The number of nitrogens with zero attached hydrogens (tertiary/aromatic N) is 3. The third-order valence-electron chi connectivity index (χ3n) is 6.00. The molecule has 5 heteroatoms. The number of piperidine rings is 1. The molecule has 3 rings (SSSR count). The Morgan fingerprint density at radius 1 is 0.957 bits per heavy atom. The molecule has 1 amide bonds. The Balaban J connectivity index is 1.45. The highest BCUT2D eigenvalue weighted by Crippen LogP contribution is 2.35. The maximum absolute atomic E-state index is 12.8. The normalized spacial score (nSPS) is 30.2. The van der Waals surface area contributed by atoms with Gasteiger partial charge < -0.3 is 9.64 Å². The summed E-state index contributed by atoms with van der Waals surface area (Å²) < 4.78 is 5.15. The molecule has 3 aliphatic rings. The molecule has 2 aliphatic heterocycles. The summed E-state index contributed by atoms with van der Waals surface area (Å²) in [6.45, 7) is 7.57. The number of hydrogen-bond donors (Lipinski definition) is 0. The summed E-state index contributed by atoms with van der Waals surface area (Å²) in [4.78, 5) is 19.8. The Morgan fingerprint density at radius 3 is 2.43 bits per heavy atom. The van der Waals surface area contributed by atoms with Crippen LogP contribution in [0.15, 0.2) is 0 Å². The number of rotatable bonds is 5. The van der Waals surface area contributed by atoms with Crippen LogP contribution in [0.5, 0.6) is 0 Å². The standard InChI is InChI=1S/C18H33N3O2/c1-23-14-13-19-9-11-20(12-10-19)15-18(22)21-8-4-6-16-5-2-3-7-17(16)21/h16-17H,2-15H2,1H3/t16-,17-/m1/s1. The Bertz CT molecular complexity index is 380. The van der Waals surface area contributed by atoms with Gasteiger partial charge in [-0.2, -0.15) is 0 Å². The van der Waals surface area contributed by atoms with Gasteiger partial charge in [0.1, 0.15) is 0 Å². The predicted molar refractivity (Wildman–Crippen MR) is 91.4 cm³/mol. The van der Waals surface area contributed by atoms with Crippen LogP contribution in [0.3, 0.4) is 0 Å². The molecule has 0 aromatic rings. The van der Waals surface area contributed by atoms with Gasteiger partial charge in [0.25, 0.3) is 0 Å². The molecule has 2 saturated heterocycles. The second-order valence-corrected chi connectivity index (χ2v) is 7.45. The van der Waals surface area contributed by atoms with Crippen molar-refractivity contribution in [1.29, 1.82) is 0 Å². The lowest BCUT2D eigenvalue weighted by atomic mass is 9.78. The molecule has 0 aromatic heterocycles. The molecule has 3 fully saturated rings. The van der Waals surface area contributed by atoms with E-state index in [1.165, 1.54) is 38.5 Å². The number of fused-ring (bicyclic) bond motifs is 1. The lowest BCUT2D eigenvalue weighted by Gasteiger charge is -2.45. The summed E-state index contributed by atoms with van der Waals surface area (Å²) in [6.07, 6.45) is 7.80. The summed E-state index contributed by atoms with van der Waals surface area (Å²) in [7, 11) is 1.76. The highest BCUT2D eigenvalue weighted by molar-refractivity contribution is 5.78. The fraction of sp³-hybridized carbons (Fsp3) is 0.944. The van der Waals surface area contributed by atoms with Crippen LogP contribution in [0.2, 0.25) is 0 Å². The van der Waals surface area contributed by atoms with E-state index in [0.717, 1.165) is 51.8 Å². The van der Waals surface area contributed by atoms with Crippen molar-refractivity contribution in [2.75, 3.05) is 59.5 Å². The molecule has 0 spiro atoms. The van der Waals surface area contributed by atoms with Crippen LogP contribution in [0.25, 0.3) is 0 Å². The fourth-order valence-corrected chi connectivity index (χ4v) is 4.61. The second kappa shape index (κ2) is 8.45. The smallest absolute Gasteiger partial charge is 0.237 e. The summed E-state index contributed by atoms with van der Waals surface area (Å²) in [5.41, 5.74) is 0. The number of likely N-dealkylation sites (tertiary alicyclic amines) is 1. The van der Waals surface area contributed by atoms with Crippen LogP contribution in [0.4, 0.5) is 0 Å². The number of methoxy groups -OCH3 is 1. The van der Waals surface area contributed by atoms with Crippen molar-refractivity contribution in [2.45, 2.75) is 44.6 Å². The zero-order chi connectivity index (χ0) is 16.1. The fourth-order valence-electron chi connectivity index (χ4n) is 4.61. The summed E-state index contributed by atoms with van der Waals surface area (Å²) in [6, 6.07) is 0.549. The number of carbonyl (C=O) groups excluding carboxylic acids is 1. The average molecular weight is 323 g/mol. The number of amides is 1. The van der Waals surface area contributed by atoms with Crippen molar-refractivity contribution >= 4 is 5.91 Å². The molecule has 5 nitrogen and oxygen atoms in total. The Morgan fingerprint density at radius 2 is 1.65 bits per heavy atom. The molecule has 1 aliphatic carbocycles. The predicted octanol–water partition coefficient (Wildman–Crippen LogP) is 1.43. The molecule has 2 atom stereocenters. The van der Waals surface area contributed by atoms with Crippen molar-refractivity contribution in [2.24, 2.45) is 5.92 Å². The van der Waals surface area contributed by atoms with E-state index in [1.807, 2.05) is 0 Å². The van der Waals surface area contributed by atoms with Gasteiger partial charge in [-0.15, -0.1) is 0 Å². The van der Waals surface area contributed by atoms with Gasteiger partial charge in [0, 0.05) is 52.4 Å². The average Bonchev–Trinajstić information content (AvgIpc) is 2.60. The van der Waals surface area contributed by atoms with Gasteiger partial charge in [-0.1, -0.05) is 12.8 Å². The highest BCUT2D eigenvalue weighted by Gasteiger charge is 2.36. The van der Waals surface area contributed by atoms with E-state index in [1.54, 1.807) is 7.11 Å². The molecular weight excluding hydrogens is 290 g/mol. The van der Waals surface area contributed by atoms with Crippen LogP contribution < -0.4 is 0 Å². The Hall–Kier alpha value is -0.650. The molecule has 0 N–H and O–H groups in total. The van der Waals surface area contributed by atoms with Crippen molar-refractivity contribution in [1.82, 2.24) is 14.7 Å². The maximum Gasteiger partial charge on any atom is 0.237 e. The third-order valence-corrected chi connectivity index (χ3v) is 6.00. The minimum absolute atomic E-state index is 0.381. The highest BCUT2D eigenvalue weighted by atomic mass is 16.5. The first-order chi connectivity index (χ1) is 11.3. The second-order valence-electron chi connectivity index (χ2n) is 7.45. The third kappa shape index (κ3) is 4.46. The van der Waals surface area contributed by atoms with Gasteiger partial charge in [0.15, 0.2) is 0 Å². The van der Waals surface area contributed by atoms with Gasteiger partial charge in [-0.3, -0.25) is 14.6 Å². The van der Waals surface area contributed by atoms with Crippen LogP contribution in [-0.4, -0.2) is 86.2 Å². The molecule has 2 heterocycles. The van der Waals surface area contributed by atoms with Gasteiger partial charge in [-0.05, 0) is 31.6 Å². The SMILES string of the molecule is COCCN1CCN(CC(=O)N2CCC[C@H]3CCCC[C@H]32)CC1. The topological polar surface area (TPSA) is 36.0 Å². The van der Waals surface area contributed by atoms with E-state index >= 15 is 0 Å². The van der Waals surface area contributed by atoms with Crippen LogP contribution in [0, 0.1) is 5.92 Å². The van der Waals surface area contributed by atoms with Gasteiger partial charge >= 0.3 is 0 Å². The van der Waals surface area contributed by atoms with E-state index in [2.05, 4.69) is 14.7 Å². The van der Waals surface area contributed by atoms with Crippen LogP contribution in [0.1, 0.15) is 38.5 Å². The van der Waals surface area contributed by atoms with Crippen molar-refractivity contribution < 1.29 is 9.53 Å². The molecular formula is C18H33N3O2. The molecule has 23 heavy (non-hydrogen) atoms. The zero-order valence-corrected chi connectivity index (χ0v) is 14.7. The van der Waals surface area contributed by atoms with E-state index in [9.17, 15) is 4.79 Å². The lowest BCUT2D eigenvalue weighted by molar-refractivity contribution is -0.139. The van der Waals surface area contributed by atoms with E-state index < -0.39 is 0 Å². The first-order valence-corrected chi connectivity index (χ1v) is 9.51. The lowest BCUT2D eigenvalue weighted by Crippen LogP contribution is -2.55. The first-order valence-electron chi connectivity index (χ1n) is 9.51. The van der Waals surface area contributed by atoms with Crippen molar-refractivity contribution in [3.63, 3.8) is 0 Å². The van der Waals surface area contributed by atoms with E-state index in [4.69, 9.17) is 4.74 Å². The van der Waals surface area contributed by atoms with Gasteiger partial charge in [-0.25, -0.2) is 0 Å². The van der Waals surface area contributed by atoms with E-state index in [-0.39, 0.29) is 0 Å². The number of hydrogen-bond acceptors (Lipinski definition) is 4. The maximum atomic E-state index is 12.8. The van der Waals surface area contributed by atoms with Crippen LogP contribution >= 0.6 is 0 Å². The van der Waals surface area contributed by atoms with Crippen molar-refractivity contribution in [3.8, 4) is 0 Å². The summed E-state index contributed by atoms with van der Waals surface area (Å²) in [5.74, 6) is 1.17. The Kier molecular flexibility index (Phi) is 6.31. The molecule has 1 saturated carbocycles. The zero-order valence-electron chi connectivity index (χ0n) is 14.7. The molecule has 0 radical (unpaired) electrons. The van der Waals surface area contributed by atoms with Gasteiger partial charge in [0.05, 0.1) is 13.2 Å². The monoisotopic (exact) mass is 323 g/mol. The minimum Gasteiger partial charge on any atom is -0.383 e. The quantitative estimate of drug-likeness (QED) is 0.767. The van der Waals surface area contributed by atoms with E-state index in [0.29, 0.717) is 18.5 Å². The molecule has 0 bridgehead atoms. The Labute approximate surface area is 140 Å². The summed E-state index contributed by atoms with van der Waals surface area (Å²) in [5, 5.41) is 0. The van der Waals surface area contributed by atoms with Crippen molar-refractivity contribution in [3.05, 3.63) is 0 Å². The number of carbonyl (C=O) groups is 1. The molecule has 132 valence electrons. The first kappa shape index (κ1) is 17.2.